The van der Waals surface area contributed by atoms with Gasteiger partial charge in [0.25, 0.3) is 0 Å². The predicted molar refractivity (Wildman–Crippen MR) is 102 cm³/mol. The largest absolute Gasteiger partial charge is 0.452 e. The zero-order chi connectivity index (χ0) is 22.2. The Bertz CT molecular complexity index is 1180. The van der Waals surface area contributed by atoms with Crippen LogP contribution in [-0.4, -0.2) is 20.8 Å². The lowest BCUT2D eigenvalue weighted by Gasteiger charge is -2.21. The molecule has 0 aliphatic rings. The highest BCUT2D eigenvalue weighted by molar-refractivity contribution is 5.65. The molecule has 0 fully saturated rings. The molecule has 0 bridgehead atoms. The van der Waals surface area contributed by atoms with E-state index in [1.807, 2.05) is 0 Å². The number of hydrogen-bond donors (Lipinski definition) is 0. The minimum atomic E-state index is -4.66. The summed E-state index contributed by atoms with van der Waals surface area (Å²) in [6.45, 7) is 0. The normalized spacial score (nSPS) is 13.5. The van der Waals surface area contributed by atoms with Crippen LogP contribution >= 0.6 is 0 Å². The molecule has 0 saturated carbocycles. The van der Waals surface area contributed by atoms with E-state index in [1.54, 1.807) is 48.5 Å². The van der Waals surface area contributed by atoms with E-state index in [1.165, 1.54) is 24.4 Å². The van der Waals surface area contributed by atoms with Crippen LogP contribution in [0.5, 0.6) is 0 Å². The van der Waals surface area contributed by atoms with Crippen molar-refractivity contribution in [2.45, 2.75) is 24.7 Å². The summed E-state index contributed by atoms with van der Waals surface area (Å²) in [7, 11) is 0. The van der Waals surface area contributed by atoms with Gasteiger partial charge in [0.2, 0.25) is 5.82 Å². The molecule has 0 saturated heterocycles. The second kappa shape index (κ2) is 7.72. The van der Waals surface area contributed by atoms with Gasteiger partial charge in [-0.3, -0.25) is 4.40 Å². The molecule has 0 aliphatic carbocycles. The second-order valence-electron chi connectivity index (χ2n) is 7.07. The van der Waals surface area contributed by atoms with Gasteiger partial charge in [0.15, 0.2) is 5.65 Å². The van der Waals surface area contributed by atoms with Gasteiger partial charge < -0.3 is 0 Å². The molecule has 0 radical (unpaired) electrons. The third kappa shape index (κ3) is 4.40. The molecule has 0 spiro atoms. The van der Waals surface area contributed by atoms with Gasteiger partial charge in [-0.2, -0.15) is 26.3 Å². The Hall–Kier alpha value is -3.36. The molecule has 2 aromatic carbocycles. The molecule has 1 atom stereocenters. The van der Waals surface area contributed by atoms with Crippen molar-refractivity contribution in [3.8, 4) is 11.1 Å². The lowest BCUT2D eigenvalue weighted by molar-refractivity contribution is -0.150. The summed E-state index contributed by atoms with van der Waals surface area (Å²) in [4.78, 5) is 0. The Morgan fingerprint density at radius 1 is 0.742 bits per heavy atom. The maximum absolute atomic E-state index is 13.6. The van der Waals surface area contributed by atoms with Crippen LogP contribution in [0.4, 0.5) is 26.3 Å². The zero-order valence-corrected chi connectivity index (χ0v) is 15.8. The maximum Gasteiger partial charge on any atom is 0.452 e. The van der Waals surface area contributed by atoms with Crippen LogP contribution in [0.25, 0.3) is 16.8 Å². The fraction of sp³-hybridized carbons (Fsp3) is 0.182. The first-order chi connectivity index (χ1) is 14.6. The number of nitrogens with zero attached hydrogens (tertiary/aromatic N) is 3. The third-order valence-corrected chi connectivity index (χ3v) is 4.98. The molecule has 1 unspecified atom stereocenters. The molecular weight excluding hydrogens is 420 g/mol. The average molecular weight is 435 g/mol. The molecule has 160 valence electrons. The molecule has 4 rings (SSSR count). The van der Waals surface area contributed by atoms with Crippen LogP contribution in [0, 0.1) is 0 Å². The Labute approximate surface area is 173 Å². The van der Waals surface area contributed by atoms with E-state index < -0.39 is 24.1 Å². The van der Waals surface area contributed by atoms with Gasteiger partial charge in [-0.25, -0.2) is 0 Å². The van der Waals surface area contributed by atoms with Crippen LogP contribution in [0.1, 0.15) is 22.9 Å². The first kappa shape index (κ1) is 20.9. The van der Waals surface area contributed by atoms with E-state index in [2.05, 4.69) is 10.2 Å². The van der Waals surface area contributed by atoms with Crippen LogP contribution in [0.3, 0.4) is 0 Å². The summed E-state index contributed by atoms with van der Waals surface area (Å²) in [6, 6.07) is 16.9. The van der Waals surface area contributed by atoms with Gasteiger partial charge in [0.05, 0.1) is 5.92 Å². The summed E-state index contributed by atoms with van der Waals surface area (Å²) in [5.74, 6) is -2.79. The van der Waals surface area contributed by atoms with Crippen molar-refractivity contribution in [1.82, 2.24) is 14.6 Å². The van der Waals surface area contributed by atoms with Crippen molar-refractivity contribution in [3.05, 3.63) is 89.9 Å². The van der Waals surface area contributed by atoms with Gasteiger partial charge in [0.1, 0.15) is 0 Å². The first-order valence-corrected chi connectivity index (χ1v) is 9.26. The molecule has 4 aromatic rings. The maximum atomic E-state index is 13.6. The van der Waals surface area contributed by atoms with E-state index in [9.17, 15) is 26.3 Å². The molecule has 9 heteroatoms. The van der Waals surface area contributed by atoms with Crippen molar-refractivity contribution < 1.29 is 26.3 Å². The van der Waals surface area contributed by atoms with Gasteiger partial charge in [-0.05, 0) is 40.8 Å². The highest BCUT2D eigenvalue weighted by Crippen LogP contribution is 2.37. The fourth-order valence-electron chi connectivity index (χ4n) is 3.43. The number of fused-ring (bicyclic) bond motifs is 1. The predicted octanol–water partition coefficient (Wildman–Crippen LogP) is 6.30. The van der Waals surface area contributed by atoms with Crippen LogP contribution in [-0.2, 0) is 12.6 Å². The van der Waals surface area contributed by atoms with E-state index in [-0.39, 0.29) is 17.6 Å². The summed E-state index contributed by atoms with van der Waals surface area (Å²) in [6.07, 6.45) is -8.05. The minimum Gasteiger partial charge on any atom is -0.278 e. The number of halogens is 6. The Morgan fingerprint density at radius 2 is 1.39 bits per heavy atom. The number of pyridine rings is 1. The Kier molecular flexibility index (Phi) is 5.20. The highest BCUT2D eigenvalue weighted by atomic mass is 19.4. The molecule has 2 heterocycles. The van der Waals surface area contributed by atoms with Crippen molar-refractivity contribution in [2.24, 2.45) is 0 Å². The standard InChI is InChI=1S/C22H15F6N3/c23-21(24,25)18(16-4-2-1-3-5-16)12-14-6-8-15(9-7-14)17-10-11-19-29-30-20(22(26,27)28)31(19)13-17/h1-11,13,18H,12H2. The van der Waals surface area contributed by atoms with E-state index >= 15 is 0 Å². The summed E-state index contributed by atoms with van der Waals surface area (Å²) >= 11 is 0. The highest BCUT2D eigenvalue weighted by Gasteiger charge is 2.40. The molecule has 2 aromatic heterocycles. The van der Waals surface area contributed by atoms with Crippen molar-refractivity contribution in [1.29, 1.82) is 0 Å². The van der Waals surface area contributed by atoms with Crippen LogP contribution in [0.15, 0.2) is 72.9 Å². The van der Waals surface area contributed by atoms with Gasteiger partial charge in [0, 0.05) is 6.20 Å². The smallest absolute Gasteiger partial charge is 0.278 e. The van der Waals surface area contributed by atoms with E-state index in [4.69, 9.17) is 0 Å². The number of aromatic nitrogens is 3. The topological polar surface area (TPSA) is 30.2 Å². The summed E-state index contributed by atoms with van der Waals surface area (Å²) in [5, 5.41) is 6.69. The van der Waals surface area contributed by atoms with Gasteiger partial charge in [-0.1, -0.05) is 54.6 Å². The van der Waals surface area contributed by atoms with Crippen LogP contribution < -0.4 is 0 Å². The molecule has 31 heavy (non-hydrogen) atoms. The average Bonchev–Trinajstić information content (AvgIpc) is 3.16. The lowest BCUT2D eigenvalue weighted by atomic mass is 9.91. The van der Waals surface area contributed by atoms with Crippen molar-refractivity contribution >= 4 is 5.65 Å². The summed E-state index contributed by atoms with van der Waals surface area (Å²) in [5.41, 5.74) is 1.72. The molecule has 0 N–H and O–H groups in total. The van der Waals surface area contributed by atoms with Crippen LogP contribution in [0.2, 0.25) is 0 Å². The number of alkyl halides is 6. The Morgan fingerprint density at radius 3 is 2.00 bits per heavy atom. The quantitative estimate of drug-likeness (QED) is 0.352. The lowest BCUT2D eigenvalue weighted by Crippen LogP contribution is -2.22. The number of benzene rings is 2. The molecular formula is C22H15F6N3. The third-order valence-electron chi connectivity index (χ3n) is 4.98. The first-order valence-electron chi connectivity index (χ1n) is 9.26. The number of hydrogen-bond acceptors (Lipinski definition) is 2. The second-order valence-corrected chi connectivity index (χ2v) is 7.07. The molecule has 3 nitrogen and oxygen atoms in total. The summed E-state index contributed by atoms with van der Waals surface area (Å²) < 4.78 is 80.8. The van der Waals surface area contributed by atoms with Gasteiger partial charge in [-0.15, -0.1) is 10.2 Å². The molecule has 0 aliphatic heterocycles. The van der Waals surface area contributed by atoms with E-state index in [0.717, 1.165) is 4.40 Å². The molecule has 0 amide bonds. The SMILES string of the molecule is FC(F)(F)c1nnc2ccc(-c3ccc(CC(c4ccccc4)C(F)(F)F)cc3)cn12. The van der Waals surface area contributed by atoms with E-state index in [0.29, 0.717) is 16.7 Å². The van der Waals surface area contributed by atoms with Crippen molar-refractivity contribution in [2.75, 3.05) is 0 Å². The van der Waals surface area contributed by atoms with Crippen molar-refractivity contribution in [3.63, 3.8) is 0 Å². The minimum absolute atomic E-state index is 0.0450. The Balaban J connectivity index is 1.62. The fourth-order valence-corrected chi connectivity index (χ4v) is 3.43. The zero-order valence-electron chi connectivity index (χ0n) is 15.8. The van der Waals surface area contributed by atoms with Gasteiger partial charge >= 0.3 is 12.4 Å². The monoisotopic (exact) mass is 435 g/mol. The number of rotatable bonds is 4.